The van der Waals surface area contributed by atoms with Crippen LogP contribution in [0.25, 0.3) is 0 Å². The molecule has 5 nitrogen and oxygen atoms in total. The van der Waals surface area contributed by atoms with Crippen LogP contribution in [-0.4, -0.2) is 37.9 Å². The molecule has 7 heteroatoms. The lowest BCUT2D eigenvalue weighted by molar-refractivity contribution is -0.150. The Morgan fingerprint density at radius 1 is 1.21 bits per heavy atom. The molecule has 24 heavy (non-hydrogen) atoms. The molecule has 0 saturated carbocycles. The van der Waals surface area contributed by atoms with Crippen LogP contribution < -0.4 is 0 Å². The largest absolute Gasteiger partial charge is 0.469 e. The predicted octanol–water partition coefficient (Wildman–Crippen LogP) is 3.00. The molecule has 4 unspecified atom stereocenters. The summed E-state index contributed by atoms with van der Waals surface area (Å²) in [5.74, 6) is -4.32. The summed E-state index contributed by atoms with van der Waals surface area (Å²) in [6, 6.07) is 4.04. The van der Waals surface area contributed by atoms with E-state index in [-0.39, 0.29) is 10.6 Å². The van der Waals surface area contributed by atoms with Crippen molar-refractivity contribution in [1.29, 1.82) is 0 Å². The first kappa shape index (κ1) is 18.4. The number of hydrogen-bond acceptors (Lipinski definition) is 5. The van der Waals surface area contributed by atoms with Crippen molar-refractivity contribution in [1.82, 2.24) is 0 Å². The van der Waals surface area contributed by atoms with E-state index in [2.05, 4.69) is 4.99 Å². The van der Waals surface area contributed by atoms with Crippen LogP contribution >= 0.6 is 11.6 Å². The monoisotopic (exact) mass is 355 g/mol. The molecule has 0 spiro atoms. The van der Waals surface area contributed by atoms with Crippen LogP contribution in [0.15, 0.2) is 23.2 Å². The predicted molar refractivity (Wildman–Crippen MR) is 87.7 cm³/mol. The summed E-state index contributed by atoms with van der Waals surface area (Å²) in [5, 5.41) is -0.0763. The van der Waals surface area contributed by atoms with Crippen LogP contribution in [0, 0.1) is 17.7 Å². The molecule has 1 aliphatic heterocycles. The Bertz CT molecular complexity index is 691. The molecular formula is C17H19ClFNO4. The van der Waals surface area contributed by atoms with Gasteiger partial charge in [-0.25, -0.2) is 4.39 Å². The zero-order chi connectivity index (χ0) is 18.0. The Morgan fingerprint density at radius 2 is 1.83 bits per heavy atom. The number of esters is 2. The molecule has 1 aromatic carbocycles. The maximum Gasteiger partial charge on any atom is 0.315 e. The van der Waals surface area contributed by atoms with Gasteiger partial charge in [-0.2, -0.15) is 0 Å². The van der Waals surface area contributed by atoms with Crippen molar-refractivity contribution in [3.8, 4) is 0 Å². The number of ether oxygens (including phenoxy) is 2. The number of nitrogens with zero attached hydrogens (tertiary/aromatic N) is 1. The van der Waals surface area contributed by atoms with Crippen molar-refractivity contribution in [3.63, 3.8) is 0 Å². The zero-order valence-electron chi connectivity index (χ0n) is 13.9. The van der Waals surface area contributed by atoms with Crippen molar-refractivity contribution in [2.45, 2.75) is 25.8 Å². The molecule has 0 fully saturated rings. The fourth-order valence-corrected chi connectivity index (χ4v) is 3.51. The number of carbonyl (C=O) groups is 2. The molecule has 1 aliphatic rings. The summed E-state index contributed by atoms with van der Waals surface area (Å²) >= 11 is 5.89. The van der Waals surface area contributed by atoms with Gasteiger partial charge in [-0.15, -0.1) is 0 Å². The fraction of sp³-hybridized carbons (Fsp3) is 0.471. The van der Waals surface area contributed by atoms with Crippen molar-refractivity contribution in [2.24, 2.45) is 16.8 Å². The summed E-state index contributed by atoms with van der Waals surface area (Å²) in [5.41, 5.74) is 0.660. The molecule has 0 aliphatic carbocycles. The summed E-state index contributed by atoms with van der Waals surface area (Å²) < 4.78 is 24.4. The van der Waals surface area contributed by atoms with Gasteiger partial charge in [-0.05, 0) is 25.5 Å². The molecule has 0 amide bonds. The maximum absolute atomic E-state index is 14.6. The topological polar surface area (TPSA) is 65.0 Å². The molecule has 4 atom stereocenters. The van der Waals surface area contributed by atoms with E-state index in [4.69, 9.17) is 21.1 Å². The Labute approximate surface area is 144 Å². The van der Waals surface area contributed by atoms with Crippen LogP contribution in [0.4, 0.5) is 4.39 Å². The van der Waals surface area contributed by atoms with Crippen molar-refractivity contribution in [3.05, 3.63) is 34.6 Å². The van der Waals surface area contributed by atoms with Gasteiger partial charge in [-0.3, -0.25) is 14.6 Å². The first-order chi connectivity index (χ1) is 11.3. The Hall–Kier alpha value is -1.95. The molecule has 1 aromatic rings. The van der Waals surface area contributed by atoms with Crippen LogP contribution in [0.2, 0.25) is 5.02 Å². The number of methoxy groups -OCH3 is 2. The molecule has 1 heterocycles. The highest BCUT2D eigenvalue weighted by Crippen LogP contribution is 2.42. The Kier molecular flexibility index (Phi) is 5.59. The van der Waals surface area contributed by atoms with Gasteiger partial charge >= 0.3 is 11.9 Å². The van der Waals surface area contributed by atoms with E-state index in [1.54, 1.807) is 19.9 Å². The van der Waals surface area contributed by atoms with Gasteiger partial charge in [-0.1, -0.05) is 23.7 Å². The molecule has 0 N–H and O–H groups in total. The van der Waals surface area contributed by atoms with Gasteiger partial charge in [0.15, 0.2) is 0 Å². The summed E-state index contributed by atoms with van der Waals surface area (Å²) in [4.78, 5) is 29.0. The lowest BCUT2D eigenvalue weighted by Crippen LogP contribution is -2.45. The van der Waals surface area contributed by atoms with Crippen LogP contribution in [0.1, 0.15) is 25.3 Å². The number of hydrogen-bond donors (Lipinski definition) is 0. The number of rotatable bonds is 3. The quantitative estimate of drug-likeness (QED) is 0.782. The standard InChI is InChI=1S/C17H19ClFNO4/c1-8-12(16(21)23-3)14(10-6-5-7-11(18)15(10)19)13(9(2)20-8)17(22)24-4/h5-8,12-14H,1-4H3. The number of benzene rings is 1. The second-order valence-electron chi connectivity index (χ2n) is 5.73. The van der Waals surface area contributed by atoms with Gasteiger partial charge < -0.3 is 9.47 Å². The zero-order valence-corrected chi connectivity index (χ0v) is 14.6. The van der Waals surface area contributed by atoms with Crippen LogP contribution in [0.3, 0.4) is 0 Å². The minimum absolute atomic E-state index is 0.0763. The smallest absolute Gasteiger partial charge is 0.315 e. The van der Waals surface area contributed by atoms with Gasteiger partial charge in [0.2, 0.25) is 0 Å². The van der Waals surface area contributed by atoms with E-state index < -0.39 is 41.6 Å². The highest BCUT2D eigenvalue weighted by atomic mass is 35.5. The minimum atomic E-state index is -0.886. The van der Waals surface area contributed by atoms with E-state index in [9.17, 15) is 14.0 Å². The normalized spacial score (nSPS) is 26.5. The van der Waals surface area contributed by atoms with Gasteiger partial charge in [0.05, 0.1) is 31.2 Å². The van der Waals surface area contributed by atoms with E-state index in [1.807, 2.05) is 0 Å². The Balaban J connectivity index is 2.69. The highest BCUT2D eigenvalue weighted by molar-refractivity contribution is 6.30. The highest BCUT2D eigenvalue weighted by Gasteiger charge is 2.48. The maximum atomic E-state index is 14.6. The van der Waals surface area contributed by atoms with Gasteiger partial charge in [0.25, 0.3) is 0 Å². The first-order valence-electron chi connectivity index (χ1n) is 7.47. The molecule has 0 radical (unpaired) electrons. The number of carbonyl (C=O) groups excluding carboxylic acids is 2. The average Bonchev–Trinajstić information content (AvgIpc) is 2.55. The summed E-state index contributed by atoms with van der Waals surface area (Å²) in [7, 11) is 2.49. The molecule has 2 rings (SSSR count). The van der Waals surface area contributed by atoms with E-state index in [1.165, 1.54) is 26.4 Å². The number of halogens is 2. The van der Waals surface area contributed by atoms with E-state index in [0.717, 1.165) is 0 Å². The molecule has 130 valence electrons. The average molecular weight is 356 g/mol. The van der Waals surface area contributed by atoms with Crippen molar-refractivity contribution < 1.29 is 23.5 Å². The lowest BCUT2D eigenvalue weighted by atomic mass is 9.70. The van der Waals surface area contributed by atoms with Crippen molar-refractivity contribution >= 4 is 29.3 Å². The van der Waals surface area contributed by atoms with Crippen molar-refractivity contribution in [2.75, 3.05) is 14.2 Å². The SMILES string of the molecule is COC(=O)C1C(C)=NC(C)C(C(=O)OC)C1c1cccc(Cl)c1F. The second kappa shape index (κ2) is 7.30. The third kappa shape index (κ3) is 3.15. The molecular weight excluding hydrogens is 337 g/mol. The van der Waals surface area contributed by atoms with Gasteiger partial charge in [0, 0.05) is 11.6 Å². The van der Waals surface area contributed by atoms with Crippen LogP contribution in [-0.2, 0) is 19.1 Å². The van der Waals surface area contributed by atoms with Crippen LogP contribution in [0.5, 0.6) is 0 Å². The fourth-order valence-electron chi connectivity index (χ4n) is 3.32. The molecule has 0 aromatic heterocycles. The second-order valence-corrected chi connectivity index (χ2v) is 6.14. The van der Waals surface area contributed by atoms with E-state index in [0.29, 0.717) is 5.71 Å². The third-order valence-corrected chi connectivity index (χ3v) is 4.68. The minimum Gasteiger partial charge on any atom is -0.469 e. The molecule has 0 saturated heterocycles. The lowest BCUT2D eigenvalue weighted by Gasteiger charge is -2.37. The van der Waals surface area contributed by atoms with Gasteiger partial charge in [0.1, 0.15) is 11.7 Å². The summed E-state index contributed by atoms with van der Waals surface area (Å²) in [6.45, 7) is 3.40. The number of aliphatic imine (C=N–C) groups is 1. The third-order valence-electron chi connectivity index (χ3n) is 4.39. The summed E-state index contributed by atoms with van der Waals surface area (Å²) in [6.07, 6.45) is 0. The Morgan fingerprint density at radius 3 is 2.42 bits per heavy atom. The van der Waals surface area contributed by atoms with E-state index >= 15 is 0 Å². The molecule has 0 bridgehead atoms. The first-order valence-corrected chi connectivity index (χ1v) is 7.85.